The number of nitrogens with zero attached hydrogens (tertiary/aromatic N) is 1. The second-order valence-corrected chi connectivity index (χ2v) is 4.71. The van der Waals surface area contributed by atoms with Crippen molar-refractivity contribution < 1.29 is 4.79 Å². The second-order valence-electron chi connectivity index (χ2n) is 3.79. The van der Waals surface area contributed by atoms with Crippen LogP contribution in [0.2, 0.25) is 0 Å². The molecular weight excluding hydrogens is 258 g/mol. The van der Waals surface area contributed by atoms with Gasteiger partial charge in [0.15, 0.2) is 0 Å². The molecule has 0 saturated heterocycles. The molecule has 0 saturated carbocycles. The van der Waals surface area contributed by atoms with Crippen molar-refractivity contribution in [2.75, 3.05) is 11.9 Å². The van der Waals surface area contributed by atoms with E-state index in [4.69, 9.17) is 5.73 Å². The Morgan fingerprint density at radius 3 is 3.11 bits per heavy atom. The second kappa shape index (κ2) is 6.14. The predicted octanol–water partition coefficient (Wildman–Crippen LogP) is 2.01. The van der Waals surface area contributed by atoms with Crippen LogP contribution in [0.4, 0.5) is 5.82 Å². The third-order valence-electron chi connectivity index (χ3n) is 2.44. The Morgan fingerprint density at radius 1 is 1.53 bits per heavy atom. The summed E-state index contributed by atoms with van der Waals surface area (Å²) in [5, 5.41) is 4.62. The largest absolute Gasteiger partial charge is 0.320 e. The summed E-state index contributed by atoms with van der Waals surface area (Å²) in [4.78, 5) is 16.9. The van der Waals surface area contributed by atoms with Gasteiger partial charge in [-0.25, -0.2) is 4.98 Å². The van der Waals surface area contributed by atoms with Crippen molar-refractivity contribution in [3.63, 3.8) is 0 Å². The molecular formula is C14H13N3OS. The van der Waals surface area contributed by atoms with Gasteiger partial charge in [0, 0.05) is 11.8 Å². The maximum Gasteiger partial charge on any atom is 0.268 e. The van der Waals surface area contributed by atoms with Gasteiger partial charge in [-0.1, -0.05) is 17.9 Å². The molecule has 19 heavy (non-hydrogen) atoms. The number of aryl methyl sites for hydroxylation is 1. The molecule has 0 aromatic carbocycles. The number of anilines is 1. The molecule has 4 nitrogen and oxygen atoms in total. The Labute approximate surface area is 115 Å². The number of pyridine rings is 1. The topological polar surface area (TPSA) is 68.0 Å². The third-order valence-corrected chi connectivity index (χ3v) is 3.35. The lowest BCUT2D eigenvalue weighted by Crippen LogP contribution is -2.13. The van der Waals surface area contributed by atoms with E-state index in [9.17, 15) is 4.79 Å². The van der Waals surface area contributed by atoms with Crippen molar-refractivity contribution in [2.24, 2.45) is 5.73 Å². The number of hydrogen-bond acceptors (Lipinski definition) is 4. The van der Waals surface area contributed by atoms with Crippen molar-refractivity contribution in [3.05, 3.63) is 45.8 Å². The summed E-state index contributed by atoms with van der Waals surface area (Å²) in [6, 6.07) is 5.54. The SMILES string of the molecule is Cc1cccnc1NC(=O)c1sccc1C#CCN. The van der Waals surface area contributed by atoms with Crippen LogP contribution in [-0.2, 0) is 0 Å². The highest BCUT2D eigenvalue weighted by Gasteiger charge is 2.13. The van der Waals surface area contributed by atoms with Crippen LogP contribution >= 0.6 is 11.3 Å². The molecule has 0 unspecified atom stereocenters. The molecule has 0 radical (unpaired) electrons. The van der Waals surface area contributed by atoms with Gasteiger partial charge in [-0.05, 0) is 30.0 Å². The van der Waals surface area contributed by atoms with Crippen LogP contribution in [0.3, 0.4) is 0 Å². The fourth-order valence-corrected chi connectivity index (χ4v) is 2.25. The van der Waals surface area contributed by atoms with E-state index < -0.39 is 0 Å². The van der Waals surface area contributed by atoms with E-state index >= 15 is 0 Å². The summed E-state index contributed by atoms with van der Waals surface area (Å²) < 4.78 is 0. The van der Waals surface area contributed by atoms with Gasteiger partial charge in [0.25, 0.3) is 5.91 Å². The average Bonchev–Trinajstić information content (AvgIpc) is 2.87. The van der Waals surface area contributed by atoms with Gasteiger partial charge in [0.2, 0.25) is 0 Å². The number of nitrogens with one attached hydrogen (secondary N) is 1. The molecule has 0 aliphatic heterocycles. The van der Waals surface area contributed by atoms with Crippen LogP contribution in [0.15, 0.2) is 29.8 Å². The number of carbonyl (C=O) groups excluding carboxylic acids is 1. The number of hydrogen-bond donors (Lipinski definition) is 2. The highest BCUT2D eigenvalue weighted by atomic mass is 32.1. The Hall–Kier alpha value is -2.16. The molecule has 0 aliphatic carbocycles. The van der Waals surface area contributed by atoms with Crippen LogP contribution in [0.5, 0.6) is 0 Å². The zero-order chi connectivity index (χ0) is 13.7. The van der Waals surface area contributed by atoms with E-state index in [1.165, 1.54) is 11.3 Å². The summed E-state index contributed by atoms with van der Waals surface area (Å²) in [5.74, 6) is 6.01. The van der Waals surface area contributed by atoms with Gasteiger partial charge < -0.3 is 11.1 Å². The standard InChI is InChI=1S/C14H13N3OS/c1-10-4-3-8-16-13(10)17-14(18)12-11(5-2-7-15)6-9-19-12/h3-4,6,8-9H,7,15H2,1H3,(H,16,17,18). The van der Waals surface area contributed by atoms with Gasteiger partial charge in [-0.15, -0.1) is 11.3 Å². The minimum Gasteiger partial charge on any atom is -0.320 e. The third kappa shape index (κ3) is 3.19. The minimum atomic E-state index is -0.196. The summed E-state index contributed by atoms with van der Waals surface area (Å²) >= 11 is 1.35. The molecule has 5 heteroatoms. The number of carbonyl (C=O) groups is 1. The van der Waals surface area contributed by atoms with Crippen molar-refractivity contribution in [1.82, 2.24) is 4.98 Å². The molecule has 3 N–H and O–H groups in total. The van der Waals surface area contributed by atoms with Gasteiger partial charge in [0.1, 0.15) is 10.7 Å². The van der Waals surface area contributed by atoms with Crippen molar-refractivity contribution in [3.8, 4) is 11.8 Å². The van der Waals surface area contributed by atoms with E-state index in [0.717, 1.165) is 5.56 Å². The number of thiophene rings is 1. The highest BCUT2D eigenvalue weighted by molar-refractivity contribution is 7.12. The minimum absolute atomic E-state index is 0.196. The molecule has 1 amide bonds. The molecule has 0 atom stereocenters. The number of amides is 1. The van der Waals surface area contributed by atoms with Crippen LogP contribution in [0, 0.1) is 18.8 Å². The maximum absolute atomic E-state index is 12.2. The Balaban J connectivity index is 2.22. The van der Waals surface area contributed by atoms with Gasteiger partial charge in [-0.3, -0.25) is 4.79 Å². The average molecular weight is 271 g/mol. The quantitative estimate of drug-likeness (QED) is 0.821. The van der Waals surface area contributed by atoms with Crippen molar-refractivity contribution in [1.29, 1.82) is 0 Å². The first kappa shape index (κ1) is 13.3. The number of nitrogens with two attached hydrogens (primary N) is 1. The van der Waals surface area contributed by atoms with Crippen LogP contribution in [0.1, 0.15) is 20.8 Å². The molecule has 0 spiro atoms. The summed E-state index contributed by atoms with van der Waals surface area (Å²) in [7, 11) is 0. The van der Waals surface area contributed by atoms with Gasteiger partial charge >= 0.3 is 0 Å². The Morgan fingerprint density at radius 2 is 2.37 bits per heavy atom. The summed E-state index contributed by atoms with van der Waals surface area (Å²) in [5.41, 5.74) is 6.95. The molecule has 0 bridgehead atoms. The first-order valence-corrected chi connectivity index (χ1v) is 6.59. The lowest BCUT2D eigenvalue weighted by atomic mass is 10.2. The summed E-state index contributed by atoms with van der Waals surface area (Å²) in [6.07, 6.45) is 1.65. The van der Waals surface area contributed by atoms with E-state index in [1.54, 1.807) is 6.20 Å². The lowest BCUT2D eigenvalue weighted by Gasteiger charge is -2.05. The number of rotatable bonds is 2. The van der Waals surface area contributed by atoms with Crippen LogP contribution < -0.4 is 11.1 Å². The van der Waals surface area contributed by atoms with Crippen LogP contribution in [-0.4, -0.2) is 17.4 Å². The van der Waals surface area contributed by atoms with Crippen molar-refractivity contribution >= 4 is 23.1 Å². The number of aromatic nitrogens is 1. The molecule has 2 aromatic rings. The predicted molar refractivity (Wildman–Crippen MR) is 77.2 cm³/mol. The molecule has 2 heterocycles. The van der Waals surface area contributed by atoms with E-state index in [-0.39, 0.29) is 12.5 Å². The highest BCUT2D eigenvalue weighted by Crippen LogP contribution is 2.18. The Kier molecular flexibility index (Phi) is 4.29. The van der Waals surface area contributed by atoms with Gasteiger partial charge in [0.05, 0.1) is 6.54 Å². The van der Waals surface area contributed by atoms with Crippen molar-refractivity contribution in [2.45, 2.75) is 6.92 Å². The van der Waals surface area contributed by atoms with Crippen LogP contribution in [0.25, 0.3) is 0 Å². The Bertz CT molecular complexity index is 652. The fourth-order valence-electron chi connectivity index (χ4n) is 1.51. The fraction of sp³-hybridized carbons (Fsp3) is 0.143. The van der Waals surface area contributed by atoms with E-state index in [2.05, 4.69) is 22.1 Å². The van der Waals surface area contributed by atoms with E-state index in [0.29, 0.717) is 16.3 Å². The normalized spacial score (nSPS) is 9.58. The first-order chi connectivity index (χ1) is 9.22. The molecule has 2 rings (SSSR count). The molecule has 0 fully saturated rings. The monoisotopic (exact) mass is 271 g/mol. The maximum atomic E-state index is 12.2. The summed E-state index contributed by atoms with van der Waals surface area (Å²) in [6.45, 7) is 2.17. The first-order valence-electron chi connectivity index (χ1n) is 5.71. The zero-order valence-corrected chi connectivity index (χ0v) is 11.3. The zero-order valence-electron chi connectivity index (χ0n) is 10.4. The lowest BCUT2D eigenvalue weighted by molar-refractivity contribution is 0.103. The molecule has 0 aliphatic rings. The van der Waals surface area contributed by atoms with E-state index in [1.807, 2.05) is 30.5 Å². The van der Waals surface area contributed by atoms with Gasteiger partial charge in [-0.2, -0.15) is 0 Å². The molecule has 96 valence electrons. The smallest absolute Gasteiger partial charge is 0.268 e. The molecule has 2 aromatic heterocycles.